The molecule has 7 aromatic rings. The summed E-state index contributed by atoms with van der Waals surface area (Å²) >= 11 is 0. The van der Waals surface area contributed by atoms with Gasteiger partial charge in [0.2, 0.25) is 0 Å². The van der Waals surface area contributed by atoms with Gasteiger partial charge in [-0.2, -0.15) is 0 Å². The third-order valence-corrected chi connectivity index (χ3v) is 6.80. The SMILES string of the molecule is c1ccc(N(c2ccccc2)c2c3nccnc3c(N(c3ccccc3)c3ccccc3)c3nccnc23)cc1. The number of hydrogen-bond acceptors (Lipinski definition) is 6. The third-order valence-electron chi connectivity index (χ3n) is 6.80. The average molecular weight is 517 g/mol. The number of rotatable bonds is 6. The minimum Gasteiger partial charge on any atom is -0.306 e. The van der Waals surface area contributed by atoms with Crippen LogP contribution in [0.5, 0.6) is 0 Å². The first-order valence-electron chi connectivity index (χ1n) is 13.1. The summed E-state index contributed by atoms with van der Waals surface area (Å²) in [5.74, 6) is 0. The minimum absolute atomic E-state index is 0.732. The molecule has 0 aliphatic rings. The van der Waals surface area contributed by atoms with Gasteiger partial charge < -0.3 is 9.80 Å². The van der Waals surface area contributed by atoms with Gasteiger partial charge in [-0.1, -0.05) is 72.8 Å². The zero-order valence-corrected chi connectivity index (χ0v) is 21.5. The predicted molar refractivity (Wildman–Crippen MR) is 162 cm³/mol. The fourth-order valence-electron chi connectivity index (χ4n) is 5.14. The van der Waals surface area contributed by atoms with E-state index < -0.39 is 0 Å². The second-order valence-electron chi connectivity index (χ2n) is 9.22. The first-order chi connectivity index (χ1) is 19.9. The fraction of sp³-hybridized carbons (Fsp3) is 0. The Balaban J connectivity index is 1.62. The summed E-state index contributed by atoms with van der Waals surface area (Å²) in [6.07, 6.45) is 6.95. The first kappa shape index (κ1) is 23.5. The van der Waals surface area contributed by atoms with E-state index in [0.29, 0.717) is 0 Å². The molecule has 0 N–H and O–H groups in total. The lowest BCUT2D eigenvalue weighted by Crippen LogP contribution is -2.16. The second-order valence-corrected chi connectivity index (χ2v) is 9.22. The van der Waals surface area contributed by atoms with Gasteiger partial charge in [-0.3, -0.25) is 19.9 Å². The zero-order valence-electron chi connectivity index (χ0n) is 21.5. The molecule has 0 amide bonds. The van der Waals surface area contributed by atoms with Gasteiger partial charge in [0.25, 0.3) is 0 Å². The van der Waals surface area contributed by atoms with Crippen molar-refractivity contribution < 1.29 is 0 Å². The van der Waals surface area contributed by atoms with Crippen LogP contribution in [0, 0.1) is 0 Å². The predicted octanol–water partition coefficient (Wildman–Crippen LogP) is 8.51. The Morgan fingerprint density at radius 2 is 0.525 bits per heavy atom. The number of aromatic nitrogens is 4. The van der Waals surface area contributed by atoms with Crippen LogP contribution in [0.1, 0.15) is 0 Å². The summed E-state index contributed by atoms with van der Waals surface area (Å²) in [5, 5.41) is 0. The highest BCUT2D eigenvalue weighted by Crippen LogP contribution is 2.48. The highest BCUT2D eigenvalue weighted by molar-refractivity contribution is 6.18. The van der Waals surface area contributed by atoms with Crippen LogP contribution >= 0.6 is 0 Å². The Morgan fingerprint density at radius 1 is 0.300 bits per heavy atom. The van der Waals surface area contributed by atoms with E-state index in [0.717, 1.165) is 56.2 Å². The lowest BCUT2D eigenvalue weighted by atomic mass is 10.1. The van der Waals surface area contributed by atoms with Gasteiger partial charge in [0.15, 0.2) is 0 Å². The molecule has 0 saturated carbocycles. The van der Waals surface area contributed by atoms with E-state index in [-0.39, 0.29) is 0 Å². The minimum atomic E-state index is 0.732. The summed E-state index contributed by atoms with van der Waals surface area (Å²) in [6.45, 7) is 0. The van der Waals surface area contributed by atoms with E-state index >= 15 is 0 Å². The van der Waals surface area contributed by atoms with E-state index in [2.05, 4.69) is 58.3 Å². The highest BCUT2D eigenvalue weighted by Gasteiger charge is 2.28. The Morgan fingerprint density at radius 3 is 0.750 bits per heavy atom. The van der Waals surface area contributed by atoms with Crippen molar-refractivity contribution in [2.24, 2.45) is 0 Å². The largest absolute Gasteiger partial charge is 0.306 e. The molecule has 0 atom stereocenters. The highest BCUT2D eigenvalue weighted by atomic mass is 15.2. The summed E-state index contributed by atoms with van der Waals surface area (Å²) in [5.41, 5.74) is 8.54. The number of nitrogens with zero attached hydrogens (tertiary/aromatic N) is 6. The van der Waals surface area contributed by atoms with E-state index in [9.17, 15) is 0 Å². The van der Waals surface area contributed by atoms with Crippen LogP contribution < -0.4 is 9.80 Å². The van der Waals surface area contributed by atoms with Gasteiger partial charge in [-0.15, -0.1) is 0 Å². The van der Waals surface area contributed by atoms with Gasteiger partial charge in [0.1, 0.15) is 33.4 Å². The number of para-hydroxylation sites is 4. The summed E-state index contributed by atoms with van der Waals surface area (Å²) in [7, 11) is 0. The van der Waals surface area contributed by atoms with Crippen molar-refractivity contribution in [1.82, 2.24) is 19.9 Å². The lowest BCUT2D eigenvalue weighted by molar-refractivity contribution is 1.20. The van der Waals surface area contributed by atoms with Gasteiger partial charge in [0, 0.05) is 47.5 Å². The average Bonchev–Trinajstić information content (AvgIpc) is 3.04. The molecule has 5 aromatic carbocycles. The van der Waals surface area contributed by atoms with Crippen LogP contribution in [0.2, 0.25) is 0 Å². The first-order valence-corrected chi connectivity index (χ1v) is 13.1. The molecule has 7 rings (SSSR count). The second kappa shape index (κ2) is 10.3. The molecule has 0 radical (unpaired) electrons. The lowest BCUT2D eigenvalue weighted by Gasteiger charge is -2.30. The number of hydrogen-bond donors (Lipinski definition) is 0. The molecule has 2 heterocycles. The fourth-order valence-corrected chi connectivity index (χ4v) is 5.14. The van der Waals surface area contributed by atoms with Crippen molar-refractivity contribution in [2.75, 3.05) is 9.80 Å². The van der Waals surface area contributed by atoms with Gasteiger partial charge >= 0.3 is 0 Å². The zero-order chi connectivity index (χ0) is 26.7. The monoisotopic (exact) mass is 516 g/mol. The number of benzene rings is 5. The topological polar surface area (TPSA) is 58.0 Å². The van der Waals surface area contributed by atoms with Crippen molar-refractivity contribution in [3.63, 3.8) is 0 Å². The van der Waals surface area contributed by atoms with Crippen LogP contribution in [0.25, 0.3) is 22.1 Å². The van der Waals surface area contributed by atoms with Crippen molar-refractivity contribution in [1.29, 1.82) is 0 Å². The summed E-state index contributed by atoms with van der Waals surface area (Å²) < 4.78 is 0. The molecule has 40 heavy (non-hydrogen) atoms. The molecule has 2 aromatic heterocycles. The Hall–Kier alpha value is -5.62. The van der Waals surface area contributed by atoms with Crippen LogP contribution in [-0.4, -0.2) is 19.9 Å². The molecule has 6 heteroatoms. The molecule has 0 spiro atoms. The molecule has 0 bridgehead atoms. The Kier molecular flexibility index (Phi) is 6.03. The van der Waals surface area contributed by atoms with Crippen LogP contribution in [-0.2, 0) is 0 Å². The number of fused-ring (bicyclic) bond motifs is 2. The normalized spacial score (nSPS) is 11.0. The van der Waals surface area contributed by atoms with E-state index in [4.69, 9.17) is 19.9 Å². The van der Waals surface area contributed by atoms with Gasteiger partial charge in [-0.25, -0.2) is 0 Å². The Labute approximate surface area is 231 Å². The third kappa shape index (κ3) is 4.08. The molecule has 0 aliphatic carbocycles. The van der Waals surface area contributed by atoms with Crippen molar-refractivity contribution in [2.45, 2.75) is 0 Å². The van der Waals surface area contributed by atoms with E-state index in [1.54, 1.807) is 24.8 Å². The molecule has 0 saturated heterocycles. The number of anilines is 6. The molecule has 190 valence electrons. The smallest absolute Gasteiger partial charge is 0.117 e. The molecule has 0 fully saturated rings. The molecule has 0 aliphatic heterocycles. The van der Waals surface area contributed by atoms with Crippen molar-refractivity contribution in [3.8, 4) is 0 Å². The van der Waals surface area contributed by atoms with Gasteiger partial charge in [0.05, 0.1) is 0 Å². The maximum Gasteiger partial charge on any atom is 0.117 e. The van der Waals surface area contributed by atoms with Crippen LogP contribution in [0.15, 0.2) is 146 Å². The summed E-state index contributed by atoms with van der Waals surface area (Å²) in [4.78, 5) is 24.1. The maximum atomic E-state index is 4.93. The summed E-state index contributed by atoms with van der Waals surface area (Å²) in [6, 6.07) is 41.1. The molecule has 0 unspecified atom stereocenters. The molecular formula is C34H24N6. The maximum absolute atomic E-state index is 4.93. The quantitative estimate of drug-likeness (QED) is 0.163. The van der Waals surface area contributed by atoms with E-state index in [1.807, 2.05) is 72.8 Å². The van der Waals surface area contributed by atoms with Crippen molar-refractivity contribution >= 4 is 56.2 Å². The molecular weight excluding hydrogens is 492 g/mol. The van der Waals surface area contributed by atoms with Crippen LogP contribution in [0.4, 0.5) is 34.1 Å². The Bertz CT molecular complexity index is 1620. The van der Waals surface area contributed by atoms with Crippen LogP contribution in [0.3, 0.4) is 0 Å². The standard InChI is InChI=1S/C34H24N6/c1-5-13-25(14-6-1)39(26-15-7-2-8-16-26)33-29-31(37-23-21-35-29)34(32-30(33)36-22-24-38-32)40(27-17-9-3-10-18-27)28-19-11-4-12-20-28/h1-24H. The van der Waals surface area contributed by atoms with Gasteiger partial charge in [-0.05, 0) is 48.5 Å². The van der Waals surface area contributed by atoms with Crippen molar-refractivity contribution in [3.05, 3.63) is 146 Å². The molecule has 6 nitrogen and oxygen atoms in total. The van der Waals surface area contributed by atoms with E-state index in [1.165, 1.54) is 0 Å².